The zero-order valence-electron chi connectivity index (χ0n) is 11.7. The first-order valence-corrected chi connectivity index (χ1v) is 6.64. The fourth-order valence-electron chi connectivity index (χ4n) is 2.44. The SMILES string of the molecule is CCOC1CC(C=C(C)C)c2cc(C)ccc2O1. The molecule has 2 unspecified atom stereocenters. The van der Waals surface area contributed by atoms with Crippen LogP contribution in [0.3, 0.4) is 0 Å². The van der Waals surface area contributed by atoms with Crippen molar-refractivity contribution in [1.82, 2.24) is 0 Å². The van der Waals surface area contributed by atoms with Crippen LogP contribution in [0, 0.1) is 6.92 Å². The molecule has 0 N–H and O–H groups in total. The van der Waals surface area contributed by atoms with Crippen LogP contribution in [-0.4, -0.2) is 12.9 Å². The molecule has 1 aromatic carbocycles. The Morgan fingerprint density at radius 2 is 2.22 bits per heavy atom. The maximum atomic E-state index is 5.89. The van der Waals surface area contributed by atoms with E-state index in [1.54, 1.807) is 0 Å². The van der Waals surface area contributed by atoms with Gasteiger partial charge < -0.3 is 9.47 Å². The largest absolute Gasteiger partial charge is 0.465 e. The first-order chi connectivity index (χ1) is 8.60. The summed E-state index contributed by atoms with van der Waals surface area (Å²) in [6.45, 7) is 9.09. The van der Waals surface area contributed by atoms with E-state index in [0.29, 0.717) is 12.5 Å². The molecule has 2 heteroatoms. The van der Waals surface area contributed by atoms with Crippen LogP contribution in [-0.2, 0) is 4.74 Å². The van der Waals surface area contributed by atoms with E-state index in [9.17, 15) is 0 Å². The van der Waals surface area contributed by atoms with Gasteiger partial charge in [0, 0.05) is 24.5 Å². The van der Waals surface area contributed by atoms with Gasteiger partial charge in [0.2, 0.25) is 6.29 Å². The van der Waals surface area contributed by atoms with E-state index in [2.05, 4.69) is 45.0 Å². The summed E-state index contributed by atoms with van der Waals surface area (Å²) in [5.74, 6) is 1.36. The summed E-state index contributed by atoms with van der Waals surface area (Å²) in [5, 5.41) is 0. The molecule has 2 nitrogen and oxygen atoms in total. The smallest absolute Gasteiger partial charge is 0.200 e. The number of allylic oxidation sites excluding steroid dienone is 2. The summed E-state index contributed by atoms with van der Waals surface area (Å²) in [6.07, 6.45) is 3.09. The number of ether oxygens (including phenoxy) is 2. The van der Waals surface area contributed by atoms with Gasteiger partial charge in [0.25, 0.3) is 0 Å². The molecule has 1 aliphatic rings. The molecule has 0 radical (unpaired) electrons. The molecule has 1 heterocycles. The minimum Gasteiger partial charge on any atom is -0.465 e. The van der Waals surface area contributed by atoms with Gasteiger partial charge in [0.15, 0.2) is 0 Å². The Morgan fingerprint density at radius 3 is 2.89 bits per heavy atom. The second-order valence-electron chi connectivity index (χ2n) is 5.13. The second-order valence-corrected chi connectivity index (χ2v) is 5.13. The highest BCUT2D eigenvalue weighted by Crippen LogP contribution is 2.38. The van der Waals surface area contributed by atoms with Crippen molar-refractivity contribution in [2.24, 2.45) is 0 Å². The second kappa shape index (κ2) is 5.57. The first kappa shape index (κ1) is 13.2. The Hall–Kier alpha value is -1.28. The fourth-order valence-corrected chi connectivity index (χ4v) is 2.44. The lowest BCUT2D eigenvalue weighted by atomic mass is 9.90. The lowest BCUT2D eigenvalue weighted by Crippen LogP contribution is -2.28. The number of benzene rings is 1. The minimum absolute atomic E-state index is 0.120. The third-order valence-electron chi connectivity index (χ3n) is 3.16. The van der Waals surface area contributed by atoms with E-state index in [4.69, 9.17) is 9.47 Å². The van der Waals surface area contributed by atoms with E-state index in [1.165, 1.54) is 16.7 Å². The molecule has 0 aromatic heterocycles. The summed E-state index contributed by atoms with van der Waals surface area (Å²) in [6, 6.07) is 6.37. The van der Waals surface area contributed by atoms with Crippen molar-refractivity contribution in [3.05, 3.63) is 41.0 Å². The number of hydrogen-bond donors (Lipinski definition) is 0. The molecular formula is C16H22O2. The molecule has 0 saturated heterocycles. The Morgan fingerprint density at radius 1 is 1.44 bits per heavy atom. The highest BCUT2D eigenvalue weighted by atomic mass is 16.7. The third kappa shape index (κ3) is 2.94. The molecule has 0 spiro atoms. The Kier molecular flexibility index (Phi) is 4.07. The number of rotatable bonds is 3. The van der Waals surface area contributed by atoms with Crippen LogP contribution in [0.2, 0.25) is 0 Å². The number of hydrogen-bond acceptors (Lipinski definition) is 2. The molecule has 0 fully saturated rings. The van der Waals surface area contributed by atoms with Crippen molar-refractivity contribution in [2.45, 2.75) is 46.3 Å². The van der Waals surface area contributed by atoms with Crippen molar-refractivity contribution < 1.29 is 9.47 Å². The van der Waals surface area contributed by atoms with Gasteiger partial charge in [-0.15, -0.1) is 0 Å². The average Bonchev–Trinajstić information content (AvgIpc) is 2.30. The predicted molar refractivity (Wildman–Crippen MR) is 74.0 cm³/mol. The Balaban J connectivity index is 2.34. The van der Waals surface area contributed by atoms with Gasteiger partial charge in [-0.2, -0.15) is 0 Å². The molecule has 98 valence electrons. The fraction of sp³-hybridized carbons (Fsp3) is 0.500. The van der Waals surface area contributed by atoms with Crippen molar-refractivity contribution in [2.75, 3.05) is 6.61 Å². The van der Waals surface area contributed by atoms with E-state index in [1.807, 2.05) is 6.92 Å². The van der Waals surface area contributed by atoms with Crippen molar-refractivity contribution >= 4 is 0 Å². The predicted octanol–water partition coefficient (Wildman–Crippen LogP) is 4.19. The van der Waals surface area contributed by atoms with Crippen LogP contribution in [0.15, 0.2) is 29.8 Å². The van der Waals surface area contributed by atoms with Crippen LogP contribution in [0.1, 0.15) is 44.2 Å². The molecule has 1 aromatic rings. The lowest BCUT2D eigenvalue weighted by molar-refractivity contribution is -0.0890. The standard InChI is InChI=1S/C16H22O2/c1-5-17-16-10-13(8-11(2)3)14-9-12(4)6-7-15(14)18-16/h6-9,13,16H,5,10H2,1-4H3. The molecule has 1 aliphatic heterocycles. The molecule has 18 heavy (non-hydrogen) atoms. The quantitative estimate of drug-likeness (QED) is 0.744. The maximum absolute atomic E-state index is 5.89. The summed E-state index contributed by atoms with van der Waals surface area (Å²) < 4.78 is 11.5. The number of fused-ring (bicyclic) bond motifs is 1. The van der Waals surface area contributed by atoms with Crippen LogP contribution >= 0.6 is 0 Å². The average molecular weight is 246 g/mol. The molecule has 0 saturated carbocycles. The van der Waals surface area contributed by atoms with Gasteiger partial charge >= 0.3 is 0 Å². The summed E-state index contributed by atoms with van der Waals surface area (Å²) >= 11 is 0. The third-order valence-corrected chi connectivity index (χ3v) is 3.16. The van der Waals surface area contributed by atoms with E-state index >= 15 is 0 Å². The van der Waals surface area contributed by atoms with E-state index in [-0.39, 0.29) is 6.29 Å². The summed E-state index contributed by atoms with van der Waals surface area (Å²) in [4.78, 5) is 0. The maximum Gasteiger partial charge on any atom is 0.200 e. The minimum atomic E-state index is -0.120. The molecule has 0 aliphatic carbocycles. The molecule has 0 bridgehead atoms. The highest BCUT2D eigenvalue weighted by molar-refractivity contribution is 5.43. The van der Waals surface area contributed by atoms with Crippen molar-refractivity contribution in [3.63, 3.8) is 0 Å². The number of aryl methyl sites for hydroxylation is 1. The monoisotopic (exact) mass is 246 g/mol. The van der Waals surface area contributed by atoms with Gasteiger partial charge in [-0.25, -0.2) is 0 Å². The molecule has 2 rings (SSSR count). The van der Waals surface area contributed by atoms with Crippen molar-refractivity contribution in [1.29, 1.82) is 0 Å². The van der Waals surface area contributed by atoms with E-state index in [0.717, 1.165) is 12.2 Å². The molecule has 2 atom stereocenters. The van der Waals surface area contributed by atoms with Gasteiger partial charge in [-0.05, 0) is 33.8 Å². The van der Waals surface area contributed by atoms with Crippen LogP contribution in [0.5, 0.6) is 5.75 Å². The van der Waals surface area contributed by atoms with E-state index < -0.39 is 0 Å². The topological polar surface area (TPSA) is 18.5 Å². The first-order valence-electron chi connectivity index (χ1n) is 6.64. The van der Waals surface area contributed by atoms with Gasteiger partial charge in [-0.3, -0.25) is 0 Å². The molecular weight excluding hydrogens is 224 g/mol. The van der Waals surface area contributed by atoms with Crippen LogP contribution < -0.4 is 4.74 Å². The summed E-state index contributed by atoms with van der Waals surface area (Å²) in [5.41, 5.74) is 3.90. The van der Waals surface area contributed by atoms with Crippen LogP contribution in [0.25, 0.3) is 0 Å². The highest BCUT2D eigenvalue weighted by Gasteiger charge is 2.27. The Labute approximate surface area is 110 Å². The van der Waals surface area contributed by atoms with Crippen molar-refractivity contribution in [3.8, 4) is 5.75 Å². The normalized spacial score (nSPS) is 22.0. The Bertz CT molecular complexity index is 444. The van der Waals surface area contributed by atoms with Gasteiger partial charge in [0.1, 0.15) is 5.75 Å². The van der Waals surface area contributed by atoms with Gasteiger partial charge in [0.05, 0.1) is 0 Å². The zero-order chi connectivity index (χ0) is 13.1. The zero-order valence-corrected chi connectivity index (χ0v) is 11.7. The summed E-state index contributed by atoms with van der Waals surface area (Å²) in [7, 11) is 0. The molecule has 0 amide bonds. The lowest BCUT2D eigenvalue weighted by Gasteiger charge is -2.31. The van der Waals surface area contributed by atoms with Crippen LogP contribution in [0.4, 0.5) is 0 Å². The van der Waals surface area contributed by atoms with Gasteiger partial charge in [-0.1, -0.05) is 29.3 Å².